The summed E-state index contributed by atoms with van der Waals surface area (Å²) in [4.78, 5) is 24.1. The van der Waals surface area contributed by atoms with Gasteiger partial charge in [0.2, 0.25) is 0 Å². The second kappa shape index (κ2) is 11.0. The number of ether oxygens (including phenoxy) is 1. The molecule has 5 aromatic rings. The number of aryl methyl sites for hydroxylation is 1. The van der Waals surface area contributed by atoms with Crippen LogP contribution in [0.15, 0.2) is 84.8 Å². The molecule has 186 valence electrons. The number of carbonyl (C=O) groups is 1. The molecule has 3 heterocycles. The van der Waals surface area contributed by atoms with Crippen molar-refractivity contribution in [3.8, 4) is 33.3 Å². The van der Waals surface area contributed by atoms with Gasteiger partial charge in [-0.25, -0.2) is 4.98 Å². The molecule has 2 aromatic carbocycles. The fraction of sp³-hybridized carbons (Fsp3) is 0.143. The van der Waals surface area contributed by atoms with Gasteiger partial charge in [0.25, 0.3) is 0 Å². The number of phenolic OH excluding ortho intramolecular Hbond substituents is 1. The normalized spacial score (nSPS) is 10.9. The van der Waals surface area contributed by atoms with Gasteiger partial charge in [-0.05, 0) is 41.3 Å². The molecular weight excluding hydrogens is 488 g/mol. The van der Waals surface area contributed by atoms with Crippen LogP contribution < -0.4 is 4.74 Å². The Kier molecular flexibility index (Phi) is 7.23. The van der Waals surface area contributed by atoms with Gasteiger partial charge in [0.1, 0.15) is 28.8 Å². The zero-order valence-corrected chi connectivity index (χ0v) is 20.6. The van der Waals surface area contributed by atoms with Crippen LogP contribution in [0.4, 0.5) is 0 Å². The molecule has 37 heavy (non-hydrogen) atoms. The van der Waals surface area contributed by atoms with E-state index in [2.05, 4.69) is 15.0 Å². The predicted octanol–water partition coefficient (Wildman–Crippen LogP) is 5.42. The summed E-state index contributed by atoms with van der Waals surface area (Å²) in [5, 5.41) is 22.2. The van der Waals surface area contributed by atoms with E-state index in [-0.39, 0.29) is 18.8 Å². The minimum atomic E-state index is -0.841. The number of carboxylic acids is 1. The first-order chi connectivity index (χ1) is 18.0. The quantitative estimate of drug-likeness (QED) is 0.257. The lowest BCUT2D eigenvalue weighted by Gasteiger charge is -2.12. The standard InChI is InChI=1S/C28H24N4O4S/c33-24-10-19(11-25(13-24)36-17-22-18-37-28(31-22)26-14-29-8-9-30-26)15-32-16-21(20-4-2-1-3-5-20)12-23(32)6-7-27(34)35/h1-5,8-14,16,18,33H,6-7,15,17H2,(H,34,35). The molecule has 8 nitrogen and oxygen atoms in total. The van der Waals surface area contributed by atoms with Gasteiger partial charge in [0.05, 0.1) is 18.3 Å². The first kappa shape index (κ1) is 24.2. The van der Waals surface area contributed by atoms with Crippen LogP contribution in [0, 0.1) is 0 Å². The number of aromatic hydroxyl groups is 1. The fourth-order valence-corrected chi connectivity index (χ4v) is 4.77. The van der Waals surface area contributed by atoms with E-state index in [1.54, 1.807) is 30.7 Å². The van der Waals surface area contributed by atoms with Crippen LogP contribution in [0.1, 0.15) is 23.4 Å². The van der Waals surface area contributed by atoms with Crippen molar-refractivity contribution in [3.63, 3.8) is 0 Å². The van der Waals surface area contributed by atoms with Crippen molar-refractivity contribution in [1.82, 2.24) is 19.5 Å². The molecule has 3 aromatic heterocycles. The lowest BCUT2D eigenvalue weighted by Crippen LogP contribution is -2.06. The summed E-state index contributed by atoms with van der Waals surface area (Å²) in [5.74, 6) is -0.230. The van der Waals surface area contributed by atoms with E-state index >= 15 is 0 Å². The van der Waals surface area contributed by atoms with Crippen LogP contribution in [0.3, 0.4) is 0 Å². The molecule has 9 heteroatoms. The number of thiazole rings is 1. The predicted molar refractivity (Wildman–Crippen MR) is 141 cm³/mol. The molecule has 0 aliphatic heterocycles. The van der Waals surface area contributed by atoms with Crippen LogP contribution >= 0.6 is 11.3 Å². The summed E-state index contributed by atoms with van der Waals surface area (Å²) in [7, 11) is 0. The van der Waals surface area contributed by atoms with Crippen LogP contribution in [0.5, 0.6) is 11.5 Å². The van der Waals surface area contributed by atoms with E-state index < -0.39 is 5.97 Å². The Morgan fingerprint density at radius 3 is 2.70 bits per heavy atom. The van der Waals surface area contributed by atoms with Gasteiger partial charge in [-0.2, -0.15) is 0 Å². The first-order valence-electron chi connectivity index (χ1n) is 11.7. The van der Waals surface area contributed by atoms with E-state index in [0.29, 0.717) is 24.4 Å². The Hall–Kier alpha value is -4.50. The van der Waals surface area contributed by atoms with Gasteiger partial charge in [0, 0.05) is 42.3 Å². The van der Waals surface area contributed by atoms with Gasteiger partial charge < -0.3 is 19.5 Å². The fourth-order valence-electron chi connectivity index (χ4n) is 4.01. The Morgan fingerprint density at radius 1 is 1.05 bits per heavy atom. The highest BCUT2D eigenvalue weighted by Gasteiger charge is 2.12. The SMILES string of the molecule is O=C(O)CCc1cc(-c2ccccc2)cn1Cc1cc(O)cc(OCc2csc(-c3cnccn3)n2)c1. The zero-order chi connectivity index (χ0) is 25.6. The van der Waals surface area contributed by atoms with Crippen molar-refractivity contribution in [2.24, 2.45) is 0 Å². The smallest absolute Gasteiger partial charge is 0.303 e. The van der Waals surface area contributed by atoms with Crippen molar-refractivity contribution in [2.45, 2.75) is 26.0 Å². The van der Waals surface area contributed by atoms with Crippen LogP contribution in [0.25, 0.3) is 21.8 Å². The molecule has 0 spiro atoms. The third kappa shape index (κ3) is 6.20. The number of aromatic nitrogens is 4. The number of carboxylic acid groups (broad SMARTS) is 1. The maximum atomic E-state index is 11.2. The highest BCUT2D eigenvalue weighted by molar-refractivity contribution is 7.13. The van der Waals surface area contributed by atoms with E-state index in [9.17, 15) is 15.0 Å². The number of phenols is 1. The number of hydrogen-bond donors (Lipinski definition) is 2. The number of hydrogen-bond acceptors (Lipinski definition) is 7. The molecular formula is C28H24N4O4S. The molecule has 0 bridgehead atoms. The molecule has 0 aliphatic rings. The third-order valence-corrected chi connectivity index (χ3v) is 6.63. The number of nitrogens with zero attached hydrogens (tertiary/aromatic N) is 4. The largest absolute Gasteiger partial charge is 0.508 e. The first-order valence-corrected chi connectivity index (χ1v) is 12.5. The average Bonchev–Trinajstić information content (AvgIpc) is 3.54. The van der Waals surface area contributed by atoms with Crippen molar-refractivity contribution >= 4 is 17.3 Å². The minimum Gasteiger partial charge on any atom is -0.508 e. The van der Waals surface area contributed by atoms with Gasteiger partial charge in [-0.1, -0.05) is 30.3 Å². The summed E-state index contributed by atoms with van der Waals surface area (Å²) in [6.07, 6.45) is 7.37. The van der Waals surface area contributed by atoms with E-state index in [1.165, 1.54) is 11.3 Å². The van der Waals surface area contributed by atoms with Crippen LogP contribution in [-0.2, 0) is 24.4 Å². The molecule has 0 aliphatic carbocycles. The Morgan fingerprint density at radius 2 is 1.92 bits per heavy atom. The number of benzene rings is 2. The van der Waals surface area contributed by atoms with E-state index in [1.807, 2.05) is 58.6 Å². The molecule has 0 radical (unpaired) electrons. The number of aliphatic carboxylic acids is 1. The number of rotatable bonds is 10. The second-order valence-electron chi connectivity index (χ2n) is 8.47. The summed E-state index contributed by atoms with van der Waals surface area (Å²) in [6, 6.07) is 17.1. The van der Waals surface area contributed by atoms with Gasteiger partial charge in [-0.3, -0.25) is 14.8 Å². The molecule has 0 unspecified atom stereocenters. The molecule has 0 amide bonds. The summed E-state index contributed by atoms with van der Waals surface area (Å²) >= 11 is 1.47. The van der Waals surface area contributed by atoms with Crippen molar-refractivity contribution in [3.05, 3.63) is 102 Å². The van der Waals surface area contributed by atoms with Gasteiger partial charge >= 0.3 is 5.97 Å². The van der Waals surface area contributed by atoms with Crippen molar-refractivity contribution in [2.75, 3.05) is 0 Å². The Labute approximate surface area is 217 Å². The Bertz CT molecular complexity index is 1500. The summed E-state index contributed by atoms with van der Waals surface area (Å²) in [6.45, 7) is 0.700. The average molecular weight is 513 g/mol. The lowest BCUT2D eigenvalue weighted by atomic mass is 10.1. The minimum absolute atomic E-state index is 0.0385. The topological polar surface area (TPSA) is 110 Å². The van der Waals surface area contributed by atoms with Gasteiger partial charge in [0.15, 0.2) is 0 Å². The molecule has 0 saturated carbocycles. The van der Waals surface area contributed by atoms with E-state index in [0.717, 1.165) is 33.1 Å². The van der Waals surface area contributed by atoms with Crippen molar-refractivity contribution < 1.29 is 19.7 Å². The molecule has 2 N–H and O–H groups in total. The van der Waals surface area contributed by atoms with Crippen LogP contribution in [0.2, 0.25) is 0 Å². The monoisotopic (exact) mass is 512 g/mol. The molecule has 0 fully saturated rings. The molecule has 5 rings (SSSR count). The molecule has 0 atom stereocenters. The summed E-state index contributed by atoms with van der Waals surface area (Å²) < 4.78 is 7.97. The van der Waals surface area contributed by atoms with Crippen molar-refractivity contribution in [1.29, 1.82) is 0 Å². The van der Waals surface area contributed by atoms with E-state index in [4.69, 9.17) is 4.74 Å². The summed E-state index contributed by atoms with van der Waals surface area (Å²) in [5.41, 5.74) is 5.27. The molecule has 0 saturated heterocycles. The second-order valence-corrected chi connectivity index (χ2v) is 9.32. The highest BCUT2D eigenvalue weighted by Crippen LogP contribution is 2.28. The maximum absolute atomic E-state index is 11.2. The zero-order valence-electron chi connectivity index (χ0n) is 19.8. The lowest BCUT2D eigenvalue weighted by molar-refractivity contribution is -0.136. The Balaban J connectivity index is 1.33. The highest BCUT2D eigenvalue weighted by atomic mass is 32.1. The van der Waals surface area contributed by atoms with Gasteiger partial charge in [-0.15, -0.1) is 11.3 Å². The maximum Gasteiger partial charge on any atom is 0.303 e. The third-order valence-electron chi connectivity index (χ3n) is 5.71. The van der Waals surface area contributed by atoms with Crippen LogP contribution in [-0.4, -0.2) is 35.7 Å².